The zero-order valence-electron chi connectivity index (χ0n) is 14.6. The van der Waals surface area contributed by atoms with Crippen molar-refractivity contribution in [2.24, 2.45) is 0 Å². The first-order valence-corrected chi connectivity index (χ1v) is 7.65. The molecule has 0 unspecified atom stereocenters. The van der Waals surface area contributed by atoms with E-state index < -0.39 is 0 Å². The van der Waals surface area contributed by atoms with Crippen LogP contribution in [-0.4, -0.2) is 43.4 Å². The van der Waals surface area contributed by atoms with E-state index in [1.54, 1.807) is 0 Å². The summed E-state index contributed by atoms with van der Waals surface area (Å²) in [5.74, 6) is 0. The molecule has 0 aromatic heterocycles. The molecule has 0 heterocycles. The van der Waals surface area contributed by atoms with Gasteiger partial charge < -0.3 is 4.90 Å². The summed E-state index contributed by atoms with van der Waals surface area (Å²) in [4.78, 5) is 2.00. The summed E-state index contributed by atoms with van der Waals surface area (Å²) in [7, 11) is 8.08. The van der Waals surface area contributed by atoms with Crippen LogP contribution < -0.4 is 0 Å². The van der Waals surface area contributed by atoms with Gasteiger partial charge in [-0.1, -0.05) is 49.1 Å². The minimum absolute atomic E-state index is 1.07. The van der Waals surface area contributed by atoms with Gasteiger partial charge in [-0.15, -0.1) is 0 Å². The molecule has 0 aromatic carbocycles. The van der Waals surface area contributed by atoms with Gasteiger partial charge in [-0.3, -0.25) is 0 Å². The van der Waals surface area contributed by atoms with E-state index in [1.165, 1.54) is 11.3 Å². The van der Waals surface area contributed by atoms with Crippen molar-refractivity contribution in [3.05, 3.63) is 96.8 Å². The first kappa shape index (κ1) is 18.4. The molecule has 1 aliphatic carbocycles. The van der Waals surface area contributed by atoms with Crippen LogP contribution in [0.15, 0.2) is 96.8 Å². The molecule has 0 bridgehead atoms. The van der Waals surface area contributed by atoms with E-state index in [1.807, 2.05) is 81.8 Å². The van der Waals surface area contributed by atoms with E-state index in [-0.39, 0.29) is 0 Å². The molecule has 1 rings (SSSR count). The lowest BCUT2D eigenvalue weighted by Gasteiger charge is -2.01. The van der Waals surface area contributed by atoms with Gasteiger partial charge in [-0.05, 0) is 35.6 Å². The summed E-state index contributed by atoms with van der Waals surface area (Å²) >= 11 is 0. The Kier molecular flexibility index (Phi) is 8.16. The lowest BCUT2D eigenvalue weighted by Crippen LogP contribution is -2.09. The van der Waals surface area contributed by atoms with Crippen LogP contribution in [0.25, 0.3) is 0 Å². The maximum absolute atomic E-state index is 3.82. The highest BCUT2D eigenvalue weighted by molar-refractivity contribution is 6.02. The van der Waals surface area contributed by atoms with Crippen molar-refractivity contribution in [3.8, 4) is 0 Å². The van der Waals surface area contributed by atoms with Gasteiger partial charge in [0.15, 0.2) is 5.71 Å². The van der Waals surface area contributed by atoms with Crippen LogP contribution in [0, 0.1) is 0 Å². The third-order valence-corrected chi connectivity index (χ3v) is 3.12. The molecule has 0 aliphatic heterocycles. The molecule has 0 radical (unpaired) electrons. The third kappa shape index (κ3) is 7.82. The Labute approximate surface area is 140 Å². The molecule has 0 saturated carbocycles. The molecule has 0 saturated heterocycles. The summed E-state index contributed by atoms with van der Waals surface area (Å²) < 4.78 is 2.09. The Morgan fingerprint density at radius 2 is 1.70 bits per heavy atom. The van der Waals surface area contributed by atoms with Crippen LogP contribution in [0.1, 0.15) is 0 Å². The molecule has 0 atom stereocenters. The monoisotopic (exact) mass is 307 g/mol. The highest BCUT2D eigenvalue weighted by Crippen LogP contribution is 2.07. The normalized spacial score (nSPS) is 15.2. The molecule has 2 nitrogen and oxygen atoms in total. The van der Waals surface area contributed by atoms with Crippen LogP contribution in [0.2, 0.25) is 0 Å². The number of rotatable bonds is 6. The predicted molar refractivity (Wildman–Crippen MR) is 103 cm³/mol. The molecule has 0 fully saturated rings. The number of nitrogens with zero attached hydrogens (tertiary/aromatic N) is 2. The van der Waals surface area contributed by atoms with Crippen molar-refractivity contribution in [2.75, 3.05) is 28.2 Å². The summed E-state index contributed by atoms with van der Waals surface area (Å²) in [6, 6.07) is 0. The fourth-order valence-corrected chi connectivity index (χ4v) is 1.80. The van der Waals surface area contributed by atoms with E-state index in [0.29, 0.717) is 0 Å². The summed E-state index contributed by atoms with van der Waals surface area (Å²) in [5.41, 5.74) is 3.47. The van der Waals surface area contributed by atoms with Gasteiger partial charge in [0, 0.05) is 26.2 Å². The standard InChI is InChI=1S/C21H27N2/c1-6-19(13-10-18-22(2)3)11-8-7-9-12-20-14-16-21(17-15-20)23(4)5/h6-18H,1H2,2-5H3/q+1. The van der Waals surface area contributed by atoms with E-state index >= 15 is 0 Å². The Balaban J connectivity index is 2.61. The third-order valence-electron chi connectivity index (χ3n) is 3.12. The highest BCUT2D eigenvalue weighted by atomic mass is 15.0. The molecule has 0 spiro atoms. The molecule has 120 valence electrons. The van der Waals surface area contributed by atoms with Gasteiger partial charge in [-0.25, -0.2) is 4.58 Å². The largest absolute Gasteiger partial charge is 0.383 e. The first-order valence-electron chi connectivity index (χ1n) is 7.65. The zero-order chi connectivity index (χ0) is 17.1. The molecule has 23 heavy (non-hydrogen) atoms. The van der Waals surface area contributed by atoms with Crippen molar-refractivity contribution in [1.82, 2.24) is 4.90 Å². The maximum atomic E-state index is 3.82. The zero-order valence-corrected chi connectivity index (χ0v) is 14.6. The quantitative estimate of drug-likeness (QED) is 0.530. The van der Waals surface area contributed by atoms with Crippen LogP contribution in [0.3, 0.4) is 0 Å². The van der Waals surface area contributed by atoms with Crippen LogP contribution >= 0.6 is 0 Å². The van der Waals surface area contributed by atoms with Crippen molar-refractivity contribution in [2.45, 2.75) is 0 Å². The average molecular weight is 307 g/mol. The average Bonchev–Trinajstić information content (AvgIpc) is 2.53. The Bertz CT molecular complexity index is 623. The van der Waals surface area contributed by atoms with Gasteiger partial charge in [0.1, 0.15) is 14.1 Å². The van der Waals surface area contributed by atoms with Crippen molar-refractivity contribution >= 4 is 5.71 Å². The van der Waals surface area contributed by atoms with Gasteiger partial charge in [-0.2, -0.15) is 0 Å². The maximum Gasteiger partial charge on any atom is 0.199 e. The van der Waals surface area contributed by atoms with Gasteiger partial charge in [0.2, 0.25) is 0 Å². The molecule has 0 aromatic rings. The Morgan fingerprint density at radius 3 is 2.26 bits per heavy atom. The SMILES string of the molecule is C=CC(/C=C/C=C/C=C1C=CC(=[N+](C)C)C=C1)=C\C=C\N(C)C. The van der Waals surface area contributed by atoms with Crippen molar-refractivity contribution in [1.29, 1.82) is 0 Å². The minimum Gasteiger partial charge on any atom is -0.383 e. The van der Waals surface area contributed by atoms with Crippen molar-refractivity contribution in [3.63, 3.8) is 0 Å². The fourth-order valence-electron chi connectivity index (χ4n) is 1.80. The smallest absolute Gasteiger partial charge is 0.199 e. The van der Waals surface area contributed by atoms with E-state index in [2.05, 4.69) is 41.5 Å². The van der Waals surface area contributed by atoms with Gasteiger partial charge >= 0.3 is 0 Å². The first-order chi connectivity index (χ1) is 11.0. The molecule has 1 aliphatic rings. The van der Waals surface area contributed by atoms with Gasteiger partial charge in [0.25, 0.3) is 0 Å². The summed E-state index contributed by atoms with van der Waals surface area (Å²) in [6.07, 6.45) is 26.5. The second-order valence-corrected chi connectivity index (χ2v) is 5.57. The van der Waals surface area contributed by atoms with Crippen LogP contribution in [-0.2, 0) is 0 Å². The molecule has 0 N–H and O–H groups in total. The molecular formula is C21H27N2+. The summed E-state index contributed by atoms with van der Waals surface area (Å²) in [5, 5.41) is 0. The van der Waals surface area contributed by atoms with Crippen molar-refractivity contribution < 1.29 is 4.58 Å². The predicted octanol–water partition coefficient (Wildman–Crippen LogP) is 4.05. The fraction of sp³-hybridized carbons (Fsp3) is 0.190. The highest BCUT2D eigenvalue weighted by Gasteiger charge is 2.02. The number of allylic oxidation sites excluding steroid dienone is 14. The van der Waals surface area contributed by atoms with Gasteiger partial charge in [0.05, 0.1) is 0 Å². The second kappa shape index (κ2) is 10.2. The molecular weight excluding hydrogens is 280 g/mol. The van der Waals surface area contributed by atoms with Crippen LogP contribution in [0.4, 0.5) is 0 Å². The second-order valence-electron chi connectivity index (χ2n) is 5.57. The minimum atomic E-state index is 1.07. The lowest BCUT2D eigenvalue weighted by molar-refractivity contribution is -0.462. The molecule has 0 amide bonds. The van der Waals surface area contributed by atoms with Crippen LogP contribution in [0.5, 0.6) is 0 Å². The van der Waals surface area contributed by atoms with E-state index in [0.717, 1.165) is 5.57 Å². The number of hydrogen-bond acceptors (Lipinski definition) is 1. The Morgan fingerprint density at radius 1 is 1.00 bits per heavy atom. The van der Waals surface area contributed by atoms with E-state index in [4.69, 9.17) is 0 Å². The Hall–Kier alpha value is -2.61. The number of hydrogen-bond donors (Lipinski definition) is 0. The molecule has 2 heteroatoms. The lowest BCUT2D eigenvalue weighted by atomic mass is 10.1. The summed E-state index contributed by atoms with van der Waals surface area (Å²) in [6.45, 7) is 3.82. The topological polar surface area (TPSA) is 6.25 Å². The van der Waals surface area contributed by atoms with E-state index in [9.17, 15) is 0 Å².